The van der Waals surface area contributed by atoms with Crippen molar-refractivity contribution in [1.29, 1.82) is 0 Å². The number of hydrogen-bond acceptors (Lipinski definition) is 6. The van der Waals surface area contributed by atoms with E-state index in [9.17, 15) is 4.79 Å². The number of rotatable bonds is 10. The van der Waals surface area contributed by atoms with Gasteiger partial charge in [0.05, 0.1) is 24.3 Å². The van der Waals surface area contributed by atoms with Gasteiger partial charge in [-0.05, 0) is 40.0 Å². The smallest absolute Gasteiger partial charge is 0.309 e. The summed E-state index contributed by atoms with van der Waals surface area (Å²) in [5.41, 5.74) is 1.70. The van der Waals surface area contributed by atoms with Gasteiger partial charge in [-0.25, -0.2) is 4.98 Å². The highest BCUT2D eigenvalue weighted by Gasteiger charge is 2.27. The van der Waals surface area contributed by atoms with E-state index in [4.69, 9.17) is 14.2 Å². The van der Waals surface area contributed by atoms with Gasteiger partial charge in [0, 0.05) is 19.1 Å². The third-order valence-corrected chi connectivity index (χ3v) is 4.27. The average Bonchev–Trinajstić information content (AvgIpc) is 2.54. The second-order valence-electron chi connectivity index (χ2n) is 7.29. The zero-order valence-corrected chi connectivity index (χ0v) is 17.5. The molecule has 1 heterocycles. The third-order valence-electron chi connectivity index (χ3n) is 4.27. The number of ether oxygens (including phenoxy) is 3. The Morgan fingerprint density at radius 3 is 2.27 bits per heavy atom. The Hall–Kier alpha value is -1.69. The molecular formula is C20H34N2O4. The summed E-state index contributed by atoms with van der Waals surface area (Å²) in [5.74, 6) is 0.916. The topological polar surface area (TPSA) is 70.5 Å². The van der Waals surface area contributed by atoms with Crippen molar-refractivity contribution in [3.63, 3.8) is 0 Å². The number of hydrogen-bond donors (Lipinski definition) is 0. The molecule has 1 rings (SSSR count). The second kappa shape index (κ2) is 10.5. The van der Waals surface area contributed by atoms with Crippen LogP contribution in [-0.2, 0) is 20.7 Å². The Bertz CT molecular complexity index is 587. The van der Waals surface area contributed by atoms with E-state index in [0.717, 1.165) is 17.7 Å². The lowest BCUT2D eigenvalue weighted by Gasteiger charge is -2.23. The van der Waals surface area contributed by atoms with Gasteiger partial charge in [0.2, 0.25) is 5.88 Å². The summed E-state index contributed by atoms with van der Waals surface area (Å²) in [7, 11) is 1.66. The monoisotopic (exact) mass is 366 g/mol. The maximum atomic E-state index is 12.5. The summed E-state index contributed by atoms with van der Waals surface area (Å²) < 4.78 is 16.7. The molecule has 2 atom stereocenters. The number of carbonyl (C=O) groups excluding carboxylic acids is 1. The van der Waals surface area contributed by atoms with E-state index in [1.54, 1.807) is 7.11 Å². The number of aromatic nitrogens is 2. The van der Waals surface area contributed by atoms with E-state index < -0.39 is 0 Å². The molecule has 0 aliphatic heterocycles. The third kappa shape index (κ3) is 6.56. The molecule has 0 spiro atoms. The molecule has 6 heteroatoms. The van der Waals surface area contributed by atoms with Gasteiger partial charge in [0.15, 0.2) is 0 Å². The highest BCUT2D eigenvalue weighted by Crippen LogP contribution is 2.25. The molecule has 148 valence electrons. The molecule has 2 unspecified atom stereocenters. The van der Waals surface area contributed by atoms with Crippen LogP contribution in [0, 0.1) is 25.7 Å². The zero-order valence-electron chi connectivity index (χ0n) is 17.5. The van der Waals surface area contributed by atoms with E-state index in [1.807, 2.05) is 48.5 Å². The van der Waals surface area contributed by atoms with Crippen molar-refractivity contribution >= 4 is 5.97 Å². The van der Waals surface area contributed by atoms with Crippen LogP contribution in [-0.4, -0.2) is 41.9 Å². The molecule has 0 fully saturated rings. The minimum atomic E-state index is -0.251. The first-order valence-electron chi connectivity index (χ1n) is 9.39. The average molecular weight is 367 g/mol. The lowest BCUT2D eigenvalue weighted by molar-refractivity contribution is -0.154. The van der Waals surface area contributed by atoms with Crippen LogP contribution in [0.5, 0.6) is 5.88 Å². The fourth-order valence-electron chi connectivity index (χ4n) is 2.67. The molecule has 6 nitrogen and oxygen atoms in total. The fraction of sp³-hybridized carbons (Fsp3) is 0.750. The van der Waals surface area contributed by atoms with Crippen molar-refractivity contribution in [2.45, 2.75) is 73.5 Å². The van der Waals surface area contributed by atoms with Gasteiger partial charge in [-0.3, -0.25) is 4.79 Å². The molecule has 1 aromatic heterocycles. The predicted octanol–water partition coefficient (Wildman–Crippen LogP) is 3.66. The van der Waals surface area contributed by atoms with Crippen LogP contribution in [0.4, 0.5) is 0 Å². The predicted molar refractivity (Wildman–Crippen MR) is 101 cm³/mol. The van der Waals surface area contributed by atoms with Gasteiger partial charge >= 0.3 is 5.97 Å². The van der Waals surface area contributed by atoms with Gasteiger partial charge in [-0.15, -0.1) is 0 Å². The van der Waals surface area contributed by atoms with Gasteiger partial charge < -0.3 is 14.2 Å². The Kier molecular flexibility index (Phi) is 8.99. The summed E-state index contributed by atoms with van der Waals surface area (Å²) in [4.78, 5) is 21.5. The molecule has 1 aromatic rings. The molecule has 0 aliphatic carbocycles. The lowest BCUT2D eigenvalue weighted by Crippen LogP contribution is -2.28. The van der Waals surface area contributed by atoms with E-state index in [0.29, 0.717) is 24.7 Å². The summed E-state index contributed by atoms with van der Waals surface area (Å²) >= 11 is 0. The lowest BCUT2D eigenvalue weighted by atomic mass is 9.90. The Balaban J connectivity index is 3.09. The number of aryl methyl sites for hydroxylation is 1. The SMILES string of the molecule is CCC(COC)Oc1nc(C)nc(CC(C(=O)OC(C)C)C(C)C)c1C. The van der Waals surface area contributed by atoms with Crippen LogP contribution >= 0.6 is 0 Å². The molecule has 26 heavy (non-hydrogen) atoms. The van der Waals surface area contributed by atoms with E-state index in [1.165, 1.54) is 0 Å². The van der Waals surface area contributed by atoms with Crippen LogP contribution in [0.25, 0.3) is 0 Å². The molecule has 0 radical (unpaired) electrons. The van der Waals surface area contributed by atoms with Crippen molar-refractivity contribution in [2.75, 3.05) is 13.7 Å². The molecular weight excluding hydrogens is 332 g/mol. The highest BCUT2D eigenvalue weighted by atomic mass is 16.5. The van der Waals surface area contributed by atoms with Crippen LogP contribution in [0.3, 0.4) is 0 Å². The second-order valence-corrected chi connectivity index (χ2v) is 7.29. The van der Waals surface area contributed by atoms with Crippen molar-refractivity contribution in [1.82, 2.24) is 9.97 Å². The van der Waals surface area contributed by atoms with Gasteiger partial charge in [0.25, 0.3) is 0 Å². The molecule has 0 saturated carbocycles. The minimum absolute atomic E-state index is 0.0624. The van der Waals surface area contributed by atoms with E-state index >= 15 is 0 Å². The van der Waals surface area contributed by atoms with Crippen LogP contribution in [0.15, 0.2) is 0 Å². The molecule has 0 aliphatic rings. The largest absolute Gasteiger partial charge is 0.472 e. The minimum Gasteiger partial charge on any atom is -0.472 e. The van der Waals surface area contributed by atoms with Crippen molar-refractivity contribution in [3.05, 3.63) is 17.1 Å². The molecule has 0 N–H and O–H groups in total. The molecule has 0 bridgehead atoms. The summed E-state index contributed by atoms with van der Waals surface area (Å²) in [6.45, 7) is 14.1. The van der Waals surface area contributed by atoms with Gasteiger partial charge in [-0.2, -0.15) is 4.98 Å². The molecule has 0 aromatic carbocycles. The number of nitrogens with zero attached hydrogens (tertiary/aromatic N) is 2. The number of carbonyl (C=O) groups is 1. The number of esters is 1. The molecule has 0 amide bonds. The summed E-state index contributed by atoms with van der Waals surface area (Å²) in [6.07, 6.45) is 1.14. The van der Waals surface area contributed by atoms with Crippen molar-refractivity contribution in [3.8, 4) is 5.88 Å². The summed E-state index contributed by atoms with van der Waals surface area (Å²) in [5, 5.41) is 0. The molecule has 0 saturated heterocycles. The van der Waals surface area contributed by atoms with Gasteiger partial charge in [-0.1, -0.05) is 20.8 Å². The van der Waals surface area contributed by atoms with Crippen molar-refractivity contribution in [2.24, 2.45) is 11.8 Å². The Morgan fingerprint density at radius 1 is 1.12 bits per heavy atom. The fourth-order valence-corrected chi connectivity index (χ4v) is 2.67. The van der Waals surface area contributed by atoms with Crippen LogP contribution in [0.1, 0.15) is 58.1 Å². The number of methoxy groups -OCH3 is 1. The Labute approximate surface area is 157 Å². The standard InChI is InChI=1S/C20H34N2O4/c1-9-16(11-24-8)26-19-14(6)18(21-15(7)22-19)10-17(12(2)3)20(23)25-13(4)5/h12-13,16-17H,9-11H2,1-8H3. The highest BCUT2D eigenvalue weighted by molar-refractivity contribution is 5.73. The maximum Gasteiger partial charge on any atom is 0.309 e. The van der Waals surface area contributed by atoms with Gasteiger partial charge in [0.1, 0.15) is 11.9 Å². The zero-order chi connectivity index (χ0) is 19.9. The Morgan fingerprint density at radius 2 is 1.77 bits per heavy atom. The maximum absolute atomic E-state index is 12.5. The first-order valence-corrected chi connectivity index (χ1v) is 9.39. The van der Waals surface area contributed by atoms with Crippen LogP contribution < -0.4 is 4.74 Å². The van der Waals surface area contributed by atoms with Crippen molar-refractivity contribution < 1.29 is 19.0 Å². The van der Waals surface area contributed by atoms with E-state index in [-0.39, 0.29) is 30.0 Å². The van der Waals surface area contributed by atoms with Crippen LogP contribution in [0.2, 0.25) is 0 Å². The summed E-state index contributed by atoms with van der Waals surface area (Å²) in [6, 6.07) is 0. The quantitative estimate of drug-likeness (QED) is 0.589. The first-order chi connectivity index (χ1) is 12.2. The van der Waals surface area contributed by atoms with E-state index in [2.05, 4.69) is 9.97 Å². The first kappa shape index (κ1) is 22.4. The normalized spacial score (nSPS) is 13.8.